The Labute approximate surface area is 182 Å². The van der Waals surface area contributed by atoms with Gasteiger partial charge in [-0.2, -0.15) is 0 Å². The van der Waals surface area contributed by atoms with Crippen LogP contribution in [-0.2, 0) is 11.3 Å². The minimum Gasteiger partial charge on any atom is -0.383 e. The Kier molecular flexibility index (Phi) is 8.79. The molecule has 3 aromatic rings. The quantitative estimate of drug-likeness (QED) is 0.458. The number of rotatable bonds is 6. The van der Waals surface area contributed by atoms with Crippen molar-refractivity contribution in [2.24, 2.45) is 10.7 Å². The summed E-state index contributed by atoms with van der Waals surface area (Å²) in [5.74, 6) is 0.574. The molecule has 28 heavy (non-hydrogen) atoms. The zero-order valence-corrected chi connectivity index (χ0v) is 18.1. The van der Waals surface area contributed by atoms with E-state index in [2.05, 4.69) is 38.9 Å². The number of aryl methyl sites for hydroxylation is 1. The predicted octanol–water partition coefficient (Wildman–Crippen LogP) is 4.31. The van der Waals surface area contributed by atoms with Gasteiger partial charge in [-0.15, -0.1) is 36.2 Å². The monoisotopic (exact) mass is 440 g/mol. The van der Waals surface area contributed by atoms with Crippen LogP contribution < -0.4 is 5.73 Å². The van der Waals surface area contributed by atoms with Gasteiger partial charge in [0, 0.05) is 32.4 Å². The van der Waals surface area contributed by atoms with E-state index in [0.29, 0.717) is 5.84 Å². The third kappa shape index (κ3) is 5.49. The molecular formula is C20H26Cl2N4OS. The summed E-state index contributed by atoms with van der Waals surface area (Å²) in [6, 6.07) is 12.4. The number of nitrogens with two attached hydrogens (primary N) is 1. The van der Waals surface area contributed by atoms with Crippen LogP contribution in [0.1, 0.15) is 11.3 Å². The third-order valence-corrected chi connectivity index (χ3v) is 5.65. The lowest BCUT2D eigenvalue weighted by Crippen LogP contribution is -2.37. The molecule has 0 radical (unpaired) electrons. The number of hydrogen-bond donors (Lipinski definition) is 1. The number of halogens is 2. The number of ether oxygens (including phenoxy) is 1. The van der Waals surface area contributed by atoms with Crippen molar-refractivity contribution in [2.75, 3.05) is 32.8 Å². The lowest BCUT2D eigenvalue weighted by atomic mass is 10.2. The molecule has 1 aliphatic rings. The smallest absolute Gasteiger partial charge is 0.141 e. The van der Waals surface area contributed by atoms with E-state index >= 15 is 0 Å². The summed E-state index contributed by atoms with van der Waals surface area (Å²) in [7, 11) is 0. The average Bonchev–Trinajstić information content (AvgIpc) is 3.33. The molecule has 0 unspecified atom stereocenters. The number of amidine groups is 1. The van der Waals surface area contributed by atoms with Crippen LogP contribution >= 0.6 is 36.2 Å². The highest BCUT2D eigenvalue weighted by Crippen LogP contribution is 2.23. The second kappa shape index (κ2) is 10.8. The summed E-state index contributed by atoms with van der Waals surface area (Å²) >= 11 is 1.61. The van der Waals surface area contributed by atoms with Gasteiger partial charge in [0.05, 0.1) is 29.3 Å². The topological polar surface area (TPSA) is 55.8 Å². The minimum absolute atomic E-state index is 0. The largest absolute Gasteiger partial charge is 0.383 e. The van der Waals surface area contributed by atoms with Crippen LogP contribution in [0, 0.1) is 0 Å². The molecule has 0 saturated carbocycles. The molecule has 8 heteroatoms. The van der Waals surface area contributed by atoms with Crippen molar-refractivity contribution in [3.05, 3.63) is 52.9 Å². The highest BCUT2D eigenvalue weighted by Gasteiger charge is 2.10. The molecule has 2 aromatic heterocycles. The Morgan fingerprint density at radius 2 is 1.93 bits per heavy atom. The fraction of sp³-hybridized carbons (Fsp3) is 0.350. The van der Waals surface area contributed by atoms with E-state index in [1.165, 1.54) is 10.9 Å². The van der Waals surface area contributed by atoms with Gasteiger partial charge >= 0.3 is 0 Å². The second-order valence-corrected chi connectivity index (χ2v) is 7.48. The van der Waals surface area contributed by atoms with E-state index in [4.69, 9.17) is 10.5 Å². The summed E-state index contributed by atoms with van der Waals surface area (Å²) in [5, 5.41) is 3.26. The Bertz CT molecular complexity index is 889. The van der Waals surface area contributed by atoms with E-state index in [9.17, 15) is 0 Å². The summed E-state index contributed by atoms with van der Waals surface area (Å²) < 4.78 is 7.73. The molecule has 1 aliphatic heterocycles. The molecule has 0 atom stereocenters. The first-order valence-corrected chi connectivity index (χ1v) is 9.94. The molecule has 0 bridgehead atoms. The molecule has 1 saturated heterocycles. The lowest BCUT2D eigenvalue weighted by Gasteiger charge is -2.26. The summed E-state index contributed by atoms with van der Waals surface area (Å²) in [4.78, 5) is 8.08. The van der Waals surface area contributed by atoms with Crippen molar-refractivity contribution in [3.63, 3.8) is 0 Å². The fourth-order valence-electron chi connectivity index (χ4n) is 3.34. The van der Waals surface area contributed by atoms with Crippen LogP contribution in [0.5, 0.6) is 0 Å². The molecule has 2 N–H and O–H groups in total. The Balaban J connectivity index is 0.00000140. The summed E-state index contributed by atoms with van der Waals surface area (Å²) in [6.07, 6.45) is 3.30. The molecule has 0 aliphatic carbocycles. The van der Waals surface area contributed by atoms with Gasteiger partial charge in [-0.05, 0) is 41.5 Å². The van der Waals surface area contributed by atoms with E-state index in [0.717, 1.165) is 56.4 Å². The van der Waals surface area contributed by atoms with E-state index in [1.54, 1.807) is 11.3 Å². The Morgan fingerprint density at radius 1 is 1.11 bits per heavy atom. The SMILES string of the molecule is Cl.Cl.NC(=Nc1ccc2ccn(CCCN3CCOCC3)c2c1)c1cccs1. The third-order valence-electron chi connectivity index (χ3n) is 4.76. The molecule has 1 aromatic carbocycles. The van der Waals surface area contributed by atoms with Crippen LogP contribution in [0.4, 0.5) is 5.69 Å². The first-order valence-electron chi connectivity index (χ1n) is 9.07. The van der Waals surface area contributed by atoms with Crippen molar-refractivity contribution in [1.29, 1.82) is 0 Å². The van der Waals surface area contributed by atoms with Gasteiger partial charge in [-0.3, -0.25) is 4.90 Å². The molecule has 1 fully saturated rings. The molecule has 0 spiro atoms. The van der Waals surface area contributed by atoms with Crippen LogP contribution in [0.25, 0.3) is 10.9 Å². The Morgan fingerprint density at radius 3 is 2.68 bits per heavy atom. The molecular weight excluding hydrogens is 415 g/mol. The average molecular weight is 441 g/mol. The molecule has 152 valence electrons. The van der Waals surface area contributed by atoms with Crippen LogP contribution in [0.15, 0.2) is 53.0 Å². The van der Waals surface area contributed by atoms with Crippen molar-refractivity contribution >= 4 is 58.6 Å². The van der Waals surface area contributed by atoms with Gasteiger partial charge < -0.3 is 15.0 Å². The molecule has 4 rings (SSSR count). The normalized spacial score (nSPS) is 15.2. The van der Waals surface area contributed by atoms with E-state index in [-0.39, 0.29) is 24.8 Å². The maximum absolute atomic E-state index is 6.13. The molecule has 5 nitrogen and oxygen atoms in total. The number of aliphatic imine (C=N–C) groups is 1. The zero-order valence-electron chi connectivity index (χ0n) is 15.6. The summed E-state index contributed by atoms with van der Waals surface area (Å²) in [5.41, 5.74) is 8.24. The highest BCUT2D eigenvalue weighted by molar-refractivity contribution is 7.12. The van der Waals surface area contributed by atoms with E-state index < -0.39 is 0 Å². The zero-order chi connectivity index (χ0) is 17.8. The van der Waals surface area contributed by atoms with Crippen molar-refractivity contribution in [3.8, 4) is 0 Å². The van der Waals surface area contributed by atoms with Crippen LogP contribution in [0.3, 0.4) is 0 Å². The summed E-state index contributed by atoms with van der Waals surface area (Å²) in [6.45, 7) is 5.94. The lowest BCUT2D eigenvalue weighted by molar-refractivity contribution is 0.0370. The van der Waals surface area contributed by atoms with Crippen molar-refractivity contribution in [2.45, 2.75) is 13.0 Å². The first-order chi connectivity index (χ1) is 12.8. The maximum atomic E-state index is 6.13. The van der Waals surface area contributed by atoms with Crippen molar-refractivity contribution < 1.29 is 4.74 Å². The second-order valence-electron chi connectivity index (χ2n) is 6.53. The van der Waals surface area contributed by atoms with Crippen molar-refractivity contribution in [1.82, 2.24) is 9.47 Å². The van der Waals surface area contributed by atoms with Gasteiger partial charge in [-0.25, -0.2) is 4.99 Å². The van der Waals surface area contributed by atoms with Gasteiger partial charge in [0.1, 0.15) is 5.84 Å². The van der Waals surface area contributed by atoms with Crippen LogP contribution in [-0.4, -0.2) is 48.2 Å². The number of nitrogens with zero attached hydrogens (tertiary/aromatic N) is 3. The number of hydrogen-bond acceptors (Lipinski definition) is 4. The van der Waals surface area contributed by atoms with Gasteiger partial charge in [0.25, 0.3) is 0 Å². The first kappa shape index (κ1) is 22.7. The molecule has 3 heterocycles. The van der Waals surface area contributed by atoms with E-state index in [1.807, 2.05) is 23.6 Å². The molecule has 0 amide bonds. The number of benzene rings is 1. The maximum Gasteiger partial charge on any atom is 0.141 e. The number of thiophene rings is 1. The number of aromatic nitrogens is 1. The Hall–Kier alpha value is -1.57. The standard InChI is InChI=1S/C20H24N4OS.2ClH/c21-20(19-3-1-14-26-19)22-17-5-4-16-6-9-24(18(16)15-17)8-2-7-23-10-12-25-13-11-23;;/h1,3-6,9,14-15H,2,7-8,10-13H2,(H2,21,22);2*1H. The minimum atomic E-state index is 0. The fourth-order valence-corrected chi connectivity index (χ4v) is 3.97. The highest BCUT2D eigenvalue weighted by atomic mass is 35.5. The van der Waals surface area contributed by atoms with Gasteiger partial charge in [0.2, 0.25) is 0 Å². The van der Waals surface area contributed by atoms with Gasteiger partial charge in [0.15, 0.2) is 0 Å². The number of morpholine rings is 1. The van der Waals surface area contributed by atoms with Crippen LogP contribution in [0.2, 0.25) is 0 Å². The predicted molar refractivity (Wildman–Crippen MR) is 123 cm³/mol. The number of fused-ring (bicyclic) bond motifs is 1. The van der Waals surface area contributed by atoms with Gasteiger partial charge in [-0.1, -0.05) is 12.1 Å².